The summed E-state index contributed by atoms with van der Waals surface area (Å²) in [5, 5.41) is 3.49. The molecule has 0 unspecified atom stereocenters. The highest BCUT2D eigenvalue weighted by Gasteiger charge is 2.11. The van der Waals surface area contributed by atoms with E-state index >= 15 is 0 Å². The zero-order valence-electron chi connectivity index (χ0n) is 7.90. The highest BCUT2D eigenvalue weighted by atomic mass is 127. The molecule has 0 radical (unpaired) electrons. The van der Waals surface area contributed by atoms with Crippen LogP contribution in [0.25, 0.3) is 0 Å². The van der Waals surface area contributed by atoms with E-state index in [4.69, 9.17) is 23.2 Å². The van der Waals surface area contributed by atoms with Gasteiger partial charge in [0.1, 0.15) is 0 Å². The Bertz CT molecular complexity index is 357. The molecular weight excluding hydrogens is 348 g/mol. The lowest BCUT2D eigenvalue weighted by Crippen LogP contribution is -2.24. The average Bonchev–Trinajstić information content (AvgIpc) is 2.22. The largest absolute Gasteiger partial charge is 0.352 e. The molecular formula is C10H10Cl2INO. The quantitative estimate of drug-likeness (QED) is 0.498. The smallest absolute Gasteiger partial charge is 0.252 e. The van der Waals surface area contributed by atoms with E-state index in [-0.39, 0.29) is 5.91 Å². The Balaban J connectivity index is 2.69. The fourth-order valence-electron chi connectivity index (χ4n) is 1.04. The molecule has 0 spiro atoms. The first-order valence-electron chi connectivity index (χ1n) is 4.45. The predicted octanol–water partition coefficient (Wildman–Crippen LogP) is 3.55. The van der Waals surface area contributed by atoms with Crippen LogP contribution in [0.5, 0.6) is 0 Å². The van der Waals surface area contributed by atoms with Crippen LogP contribution in [0.4, 0.5) is 0 Å². The summed E-state index contributed by atoms with van der Waals surface area (Å²) in [6, 6.07) is 5.03. The van der Waals surface area contributed by atoms with Crippen molar-refractivity contribution in [3.8, 4) is 0 Å². The first kappa shape index (κ1) is 13.1. The minimum atomic E-state index is -0.174. The minimum absolute atomic E-state index is 0.174. The van der Waals surface area contributed by atoms with Gasteiger partial charge in [0.2, 0.25) is 0 Å². The second-order valence-electron chi connectivity index (χ2n) is 2.90. The molecule has 2 nitrogen and oxygen atoms in total. The predicted molar refractivity (Wildman–Crippen MR) is 72.3 cm³/mol. The van der Waals surface area contributed by atoms with Crippen molar-refractivity contribution in [2.45, 2.75) is 6.42 Å². The lowest BCUT2D eigenvalue weighted by atomic mass is 10.2. The Labute approximate surface area is 112 Å². The molecule has 0 aliphatic rings. The number of halogens is 3. The number of benzene rings is 1. The van der Waals surface area contributed by atoms with E-state index < -0.39 is 0 Å². The molecule has 1 amide bonds. The fourth-order valence-corrected chi connectivity index (χ4v) is 1.81. The normalized spacial score (nSPS) is 10.1. The number of hydrogen-bond donors (Lipinski definition) is 1. The van der Waals surface area contributed by atoms with Crippen molar-refractivity contribution in [2.75, 3.05) is 11.0 Å². The van der Waals surface area contributed by atoms with Crippen molar-refractivity contribution in [1.29, 1.82) is 0 Å². The van der Waals surface area contributed by atoms with Gasteiger partial charge in [0.25, 0.3) is 5.91 Å². The number of carbonyl (C=O) groups excluding carboxylic acids is 1. The van der Waals surface area contributed by atoms with Crippen LogP contribution in [0, 0.1) is 0 Å². The Morgan fingerprint density at radius 3 is 2.80 bits per heavy atom. The van der Waals surface area contributed by atoms with Gasteiger partial charge in [-0.3, -0.25) is 4.79 Å². The zero-order valence-corrected chi connectivity index (χ0v) is 11.6. The van der Waals surface area contributed by atoms with E-state index in [1.807, 2.05) is 0 Å². The molecule has 0 aliphatic heterocycles. The second kappa shape index (κ2) is 6.55. The number of rotatable bonds is 4. The Hall–Kier alpha value is -0.000000000000000111. The standard InChI is InChI=1S/C10H10Cl2INO/c11-8-4-1-3-7(9(8)12)10(15)14-6-2-5-13/h1,3-4H,2,5-6H2,(H,14,15). The van der Waals surface area contributed by atoms with Gasteiger partial charge in [-0.2, -0.15) is 0 Å². The van der Waals surface area contributed by atoms with Crippen molar-refractivity contribution >= 4 is 51.7 Å². The zero-order chi connectivity index (χ0) is 11.3. The lowest BCUT2D eigenvalue weighted by Gasteiger charge is -2.06. The van der Waals surface area contributed by atoms with Gasteiger partial charge in [-0.1, -0.05) is 51.9 Å². The SMILES string of the molecule is O=C(NCCCI)c1cccc(Cl)c1Cl. The topological polar surface area (TPSA) is 29.1 Å². The van der Waals surface area contributed by atoms with Crippen LogP contribution < -0.4 is 5.32 Å². The third-order valence-corrected chi connectivity index (χ3v) is 3.37. The Morgan fingerprint density at radius 2 is 2.13 bits per heavy atom. The minimum Gasteiger partial charge on any atom is -0.352 e. The van der Waals surface area contributed by atoms with E-state index in [0.717, 1.165) is 10.8 Å². The molecule has 15 heavy (non-hydrogen) atoms. The summed E-state index contributed by atoms with van der Waals surface area (Å²) in [5.74, 6) is -0.174. The number of carbonyl (C=O) groups is 1. The maximum absolute atomic E-state index is 11.6. The number of nitrogens with one attached hydrogen (secondary N) is 1. The first-order valence-corrected chi connectivity index (χ1v) is 6.73. The monoisotopic (exact) mass is 357 g/mol. The first-order chi connectivity index (χ1) is 7.16. The summed E-state index contributed by atoms with van der Waals surface area (Å²) in [6.07, 6.45) is 0.949. The Kier molecular flexibility index (Phi) is 5.71. The van der Waals surface area contributed by atoms with Crippen LogP contribution in [0.2, 0.25) is 10.0 Å². The summed E-state index contributed by atoms with van der Waals surface area (Å²) in [5.41, 5.74) is 0.428. The lowest BCUT2D eigenvalue weighted by molar-refractivity contribution is 0.0954. The van der Waals surface area contributed by atoms with Gasteiger partial charge >= 0.3 is 0 Å². The summed E-state index contributed by atoms with van der Waals surface area (Å²) in [7, 11) is 0. The van der Waals surface area contributed by atoms with Crippen molar-refractivity contribution in [1.82, 2.24) is 5.32 Å². The molecule has 0 heterocycles. The van der Waals surface area contributed by atoms with Crippen LogP contribution in [-0.4, -0.2) is 16.9 Å². The van der Waals surface area contributed by atoms with Crippen LogP contribution in [0.1, 0.15) is 16.8 Å². The molecule has 1 rings (SSSR count). The second-order valence-corrected chi connectivity index (χ2v) is 4.76. The Morgan fingerprint density at radius 1 is 1.40 bits per heavy atom. The molecule has 1 aromatic rings. The molecule has 0 aromatic heterocycles. The van der Waals surface area contributed by atoms with E-state index in [1.54, 1.807) is 18.2 Å². The van der Waals surface area contributed by atoms with Gasteiger partial charge in [0.05, 0.1) is 15.6 Å². The third-order valence-electron chi connectivity index (χ3n) is 1.79. The van der Waals surface area contributed by atoms with Crippen LogP contribution in [0.15, 0.2) is 18.2 Å². The van der Waals surface area contributed by atoms with Gasteiger partial charge in [-0.25, -0.2) is 0 Å². The maximum atomic E-state index is 11.6. The molecule has 1 aromatic carbocycles. The van der Waals surface area contributed by atoms with Gasteiger partial charge in [0.15, 0.2) is 0 Å². The molecule has 0 bridgehead atoms. The summed E-state index contributed by atoms with van der Waals surface area (Å²) in [6.45, 7) is 0.657. The van der Waals surface area contributed by atoms with Crippen LogP contribution in [0.3, 0.4) is 0 Å². The van der Waals surface area contributed by atoms with Gasteiger partial charge < -0.3 is 5.32 Å². The van der Waals surface area contributed by atoms with E-state index in [0.29, 0.717) is 22.2 Å². The van der Waals surface area contributed by atoms with Crippen LogP contribution in [-0.2, 0) is 0 Å². The number of hydrogen-bond acceptors (Lipinski definition) is 1. The van der Waals surface area contributed by atoms with E-state index in [9.17, 15) is 4.79 Å². The molecule has 5 heteroatoms. The third kappa shape index (κ3) is 3.81. The van der Waals surface area contributed by atoms with Crippen LogP contribution >= 0.6 is 45.8 Å². The molecule has 82 valence electrons. The molecule has 0 aliphatic carbocycles. The molecule has 1 N–H and O–H groups in total. The molecule has 0 saturated heterocycles. The van der Waals surface area contributed by atoms with E-state index in [1.165, 1.54) is 0 Å². The van der Waals surface area contributed by atoms with Gasteiger partial charge in [0, 0.05) is 11.0 Å². The maximum Gasteiger partial charge on any atom is 0.252 e. The van der Waals surface area contributed by atoms with E-state index in [2.05, 4.69) is 27.9 Å². The average molecular weight is 358 g/mol. The summed E-state index contributed by atoms with van der Waals surface area (Å²) < 4.78 is 1.02. The van der Waals surface area contributed by atoms with Crippen molar-refractivity contribution in [3.63, 3.8) is 0 Å². The molecule has 0 saturated carbocycles. The summed E-state index contributed by atoms with van der Waals surface area (Å²) in [4.78, 5) is 11.6. The fraction of sp³-hybridized carbons (Fsp3) is 0.300. The number of alkyl halides is 1. The van der Waals surface area contributed by atoms with Gasteiger partial charge in [-0.15, -0.1) is 0 Å². The highest BCUT2D eigenvalue weighted by molar-refractivity contribution is 14.1. The van der Waals surface area contributed by atoms with Crippen molar-refractivity contribution in [2.24, 2.45) is 0 Å². The molecule has 0 atom stereocenters. The van der Waals surface area contributed by atoms with Crippen molar-refractivity contribution < 1.29 is 4.79 Å². The molecule has 0 fully saturated rings. The summed E-state index contributed by atoms with van der Waals surface area (Å²) >= 11 is 14.0. The van der Waals surface area contributed by atoms with Crippen molar-refractivity contribution in [3.05, 3.63) is 33.8 Å². The van der Waals surface area contributed by atoms with Gasteiger partial charge in [-0.05, 0) is 18.6 Å². The number of amides is 1. The highest BCUT2D eigenvalue weighted by Crippen LogP contribution is 2.25.